The van der Waals surface area contributed by atoms with Crippen LogP contribution < -0.4 is 10.5 Å². The summed E-state index contributed by atoms with van der Waals surface area (Å²) in [6, 6.07) is 1.49. The first-order valence-corrected chi connectivity index (χ1v) is 12.7. The Morgan fingerprint density at radius 3 is 2.31 bits per heavy atom. The molecule has 1 atom stereocenters. The fourth-order valence-electron chi connectivity index (χ4n) is 4.46. The van der Waals surface area contributed by atoms with Gasteiger partial charge in [0.2, 0.25) is 0 Å². The molecule has 0 bridgehead atoms. The standard InChI is InChI=1S/C21H25N5O4S2/c1-21(2,29)19-24-16(10-27)18(31-19)32(23,30)26-20(28)25-17-13-7-3-5-11(13)15(9-22)12-6-4-8-14(12)17/h27,29H,3-8,10H2,1-2H3,(H3,23,25,26,28,30). The fraction of sp³-hybridized carbons (Fsp3) is 0.476. The molecule has 0 radical (unpaired) electrons. The Hall–Kier alpha value is -2.36. The smallest absolute Gasteiger partial charge is 0.354 e. The zero-order valence-electron chi connectivity index (χ0n) is 17.9. The van der Waals surface area contributed by atoms with Gasteiger partial charge in [0, 0.05) is 5.69 Å². The largest absolute Gasteiger partial charge is 0.390 e. The van der Waals surface area contributed by atoms with E-state index in [0.717, 1.165) is 77.7 Å². The second kappa shape index (κ2) is 8.20. The van der Waals surface area contributed by atoms with E-state index in [1.807, 2.05) is 0 Å². The first kappa shape index (κ1) is 22.8. The van der Waals surface area contributed by atoms with Gasteiger partial charge >= 0.3 is 6.03 Å². The van der Waals surface area contributed by atoms with E-state index in [2.05, 4.69) is 20.7 Å². The maximum atomic E-state index is 13.2. The van der Waals surface area contributed by atoms with Crippen molar-refractivity contribution in [2.24, 2.45) is 9.50 Å². The zero-order valence-corrected chi connectivity index (χ0v) is 19.5. The van der Waals surface area contributed by atoms with Crippen molar-refractivity contribution < 1.29 is 19.2 Å². The van der Waals surface area contributed by atoms with Gasteiger partial charge in [0.25, 0.3) is 0 Å². The molecule has 11 heteroatoms. The maximum Gasteiger partial charge on any atom is 0.354 e. The molecule has 4 rings (SSSR count). The summed E-state index contributed by atoms with van der Waals surface area (Å²) in [5.74, 6) is 0. The van der Waals surface area contributed by atoms with Crippen molar-refractivity contribution >= 4 is 33.0 Å². The Balaban J connectivity index is 1.73. The zero-order chi connectivity index (χ0) is 23.3. The number of aliphatic hydroxyl groups excluding tert-OH is 1. The molecule has 1 unspecified atom stereocenters. The number of amides is 2. The highest BCUT2D eigenvalue weighted by molar-refractivity contribution is 7.93. The number of anilines is 1. The van der Waals surface area contributed by atoms with Gasteiger partial charge in [0.1, 0.15) is 14.8 Å². The molecular weight excluding hydrogens is 450 g/mol. The van der Waals surface area contributed by atoms with Crippen LogP contribution >= 0.6 is 11.3 Å². The van der Waals surface area contributed by atoms with Crippen molar-refractivity contribution in [2.45, 2.75) is 68.8 Å². The third kappa shape index (κ3) is 3.93. The number of fused-ring (bicyclic) bond motifs is 2. The molecule has 2 aromatic rings. The summed E-state index contributed by atoms with van der Waals surface area (Å²) in [6.07, 6.45) is 4.90. The maximum absolute atomic E-state index is 13.2. The molecule has 0 fully saturated rings. The Bertz CT molecular complexity index is 1240. The van der Waals surface area contributed by atoms with Gasteiger partial charge in [-0.15, -0.1) is 15.7 Å². The van der Waals surface area contributed by atoms with Crippen LogP contribution in [0.15, 0.2) is 8.57 Å². The molecule has 2 aliphatic rings. The highest BCUT2D eigenvalue weighted by Crippen LogP contribution is 2.41. The van der Waals surface area contributed by atoms with Crippen LogP contribution in [0.4, 0.5) is 10.5 Å². The number of rotatable bonds is 4. The number of carbonyl (C=O) groups excluding carboxylic acids is 1. The molecule has 2 amide bonds. The van der Waals surface area contributed by atoms with Crippen LogP contribution in [0.2, 0.25) is 0 Å². The van der Waals surface area contributed by atoms with Crippen LogP contribution in [0.25, 0.3) is 0 Å². The third-order valence-corrected chi connectivity index (χ3v) is 9.18. The number of nitrogens with one attached hydrogen (secondary N) is 1. The molecule has 1 heterocycles. The number of aromatic nitrogens is 1. The second-order valence-electron chi connectivity index (χ2n) is 8.54. The SMILES string of the molecule is CC(C)(O)c1nc(CO)c(S(N)(=O)=NC(=O)Nc2c3c(c(C#N)c4c2CCC4)CCC3)s1. The van der Waals surface area contributed by atoms with Gasteiger partial charge in [-0.25, -0.2) is 19.1 Å². The van der Waals surface area contributed by atoms with Crippen LogP contribution in [0.1, 0.15) is 65.2 Å². The van der Waals surface area contributed by atoms with Gasteiger partial charge < -0.3 is 15.5 Å². The molecule has 2 aliphatic carbocycles. The summed E-state index contributed by atoms with van der Waals surface area (Å²) < 4.78 is 16.9. The average molecular weight is 476 g/mol. The van der Waals surface area contributed by atoms with Crippen molar-refractivity contribution in [3.05, 3.63) is 38.5 Å². The summed E-state index contributed by atoms with van der Waals surface area (Å²) in [5, 5.41) is 38.4. The molecule has 0 spiro atoms. The normalized spacial score (nSPS) is 16.8. The number of aliphatic hydroxyl groups is 2. The summed E-state index contributed by atoms with van der Waals surface area (Å²) in [7, 11) is -3.71. The lowest BCUT2D eigenvalue weighted by atomic mass is 9.93. The van der Waals surface area contributed by atoms with E-state index in [9.17, 15) is 24.5 Å². The van der Waals surface area contributed by atoms with Gasteiger partial charge in [0.15, 0.2) is 9.92 Å². The highest BCUT2D eigenvalue weighted by atomic mass is 32.2. The molecule has 1 aromatic carbocycles. The predicted octanol–water partition coefficient (Wildman–Crippen LogP) is 2.64. The minimum absolute atomic E-state index is 0.0244. The number of carbonyl (C=O) groups is 1. The fourth-order valence-corrected chi connectivity index (χ4v) is 6.92. The van der Waals surface area contributed by atoms with Gasteiger partial charge in [-0.3, -0.25) is 0 Å². The first-order valence-electron chi connectivity index (χ1n) is 10.4. The summed E-state index contributed by atoms with van der Waals surface area (Å²) in [6.45, 7) is 2.46. The van der Waals surface area contributed by atoms with Crippen molar-refractivity contribution in [1.82, 2.24) is 4.98 Å². The van der Waals surface area contributed by atoms with E-state index in [1.165, 1.54) is 13.8 Å². The van der Waals surface area contributed by atoms with E-state index >= 15 is 0 Å². The van der Waals surface area contributed by atoms with Crippen LogP contribution in [0, 0.1) is 11.3 Å². The molecular formula is C21H25N5O4S2. The first-order chi connectivity index (χ1) is 15.1. The van der Waals surface area contributed by atoms with E-state index < -0.39 is 28.2 Å². The Morgan fingerprint density at radius 2 is 1.81 bits per heavy atom. The lowest BCUT2D eigenvalue weighted by molar-refractivity contribution is 0.0779. The van der Waals surface area contributed by atoms with Crippen molar-refractivity contribution in [1.29, 1.82) is 5.26 Å². The average Bonchev–Trinajstić information content (AvgIpc) is 3.45. The minimum atomic E-state index is -3.71. The lowest BCUT2D eigenvalue weighted by Crippen LogP contribution is -2.19. The highest BCUT2D eigenvalue weighted by Gasteiger charge is 2.30. The quantitative estimate of drug-likeness (QED) is 0.531. The number of thiazole rings is 1. The number of nitrogens with two attached hydrogens (primary N) is 1. The van der Waals surface area contributed by atoms with E-state index in [4.69, 9.17) is 5.14 Å². The predicted molar refractivity (Wildman–Crippen MR) is 121 cm³/mol. The van der Waals surface area contributed by atoms with Crippen LogP contribution in [0.5, 0.6) is 0 Å². The van der Waals surface area contributed by atoms with Crippen molar-refractivity contribution in [2.75, 3.05) is 5.32 Å². The number of nitrogens with zero attached hydrogens (tertiary/aromatic N) is 3. The minimum Gasteiger partial charge on any atom is -0.390 e. The molecule has 0 saturated heterocycles. The number of hydrogen-bond acceptors (Lipinski definition) is 7. The number of benzene rings is 1. The Morgan fingerprint density at radius 1 is 1.25 bits per heavy atom. The van der Waals surface area contributed by atoms with Gasteiger partial charge in [-0.05, 0) is 74.6 Å². The van der Waals surface area contributed by atoms with Crippen LogP contribution in [-0.4, -0.2) is 25.4 Å². The van der Waals surface area contributed by atoms with Gasteiger partial charge in [-0.2, -0.15) is 5.26 Å². The third-order valence-electron chi connectivity index (χ3n) is 5.81. The Kier molecular flexibility index (Phi) is 5.85. The Labute approximate surface area is 190 Å². The summed E-state index contributed by atoms with van der Waals surface area (Å²) >= 11 is 0.860. The number of urea groups is 1. The van der Waals surface area contributed by atoms with Crippen molar-refractivity contribution in [3.63, 3.8) is 0 Å². The molecule has 170 valence electrons. The lowest BCUT2D eigenvalue weighted by Gasteiger charge is -2.17. The molecule has 32 heavy (non-hydrogen) atoms. The summed E-state index contributed by atoms with van der Waals surface area (Å²) in [4.78, 5) is 16.9. The molecule has 5 N–H and O–H groups in total. The molecule has 0 saturated carbocycles. The number of nitriles is 1. The second-order valence-corrected chi connectivity index (χ2v) is 11.5. The van der Waals surface area contributed by atoms with Gasteiger partial charge in [0.05, 0.1) is 23.9 Å². The molecule has 1 aromatic heterocycles. The van der Waals surface area contributed by atoms with Crippen LogP contribution in [-0.2, 0) is 47.8 Å². The van der Waals surface area contributed by atoms with Crippen LogP contribution in [0.3, 0.4) is 0 Å². The van der Waals surface area contributed by atoms with Gasteiger partial charge in [-0.1, -0.05) is 0 Å². The molecule has 9 nitrogen and oxygen atoms in total. The van der Waals surface area contributed by atoms with Crippen molar-refractivity contribution in [3.8, 4) is 6.07 Å². The summed E-state index contributed by atoms with van der Waals surface area (Å²) in [5.41, 5.74) is 3.97. The van der Waals surface area contributed by atoms with E-state index in [0.29, 0.717) is 5.69 Å². The monoisotopic (exact) mass is 475 g/mol. The molecule has 0 aliphatic heterocycles. The van der Waals surface area contributed by atoms with E-state index in [1.54, 1.807) is 0 Å². The van der Waals surface area contributed by atoms with E-state index in [-0.39, 0.29) is 14.9 Å². The number of hydrogen-bond donors (Lipinski definition) is 4. The topological polar surface area (TPSA) is 162 Å².